The molecule has 27 heavy (non-hydrogen) atoms. The zero-order valence-electron chi connectivity index (χ0n) is 15.1. The number of anilines is 2. The van der Waals surface area contributed by atoms with Crippen LogP contribution in [-0.2, 0) is 11.3 Å². The Hall–Kier alpha value is -2.86. The van der Waals surface area contributed by atoms with Crippen molar-refractivity contribution in [2.75, 3.05) is 16.8 Å². The van der Waals surface area contributed by atoms with E-state index < -0.39 is 0 Å². The third-order valence-corrected chi connectivity index (χ3v) is 5.31. The first-order chi connectivity index (χ1) is 13.2. The van der Waals surface area contributed by atoms with Crippen molar-refractivity contribution in [2.45, 2.75) is 25.9 Å². The number of aromatic nitrogens is 1. The fraction of sp³-hybridized carbons (Fsp3) is 0.238. The minimum absolute atomic E-state index is 0.0406. The van der Waals surface area contributed by atoms with Gasteiger partial charge in [0.1, 0.15) is 12.4 Å². The second-order valence-corrected chi connectivity index (χ2v) is 7.53. The molecule has 4 rings (SSSR count). The van der Waals surface area contributed by atoms with E-state index in [4.69, 9.17) is 4.74 Å². The third kappa shape index (κ3) is 4.11. The Bertz CT molecular complexity index is 909. The van der Waals surface area contributed by atoms with Gasteiger partial charge in [-0.25, -0.2) is 4.98 Å². The number of hydrogen-bond donors (Lipinski definition) is 1. The monoisotopic (exact) mass is 379 g/mol. The number of fused-ring (bicyclic) bond motifs is 1. The van der Waals surface area contributed by atoms with E-state index in [0.717, 1.165) is 18.0 Å². The lowest BCUT2D eigenvalue weighted by Gasteiger charge is -2.38. The number of nitrogens with one attached hydrogen (secondary N) is 1. The maximum Gasteiger partial charge on any atom is 0.228 e. The standard InChI is InChI=1S/C21H21N3O2S/c1-15-6-8-16(9-7-15)13-24-17(12-20(25)23-21-22-10-11-27-21)14-26-19-5-3-2-4-18(19)24/h2-11,17H,12-14H2,1H3,(H,22,23,25)/t17-/m0/s1. The van der Waals surface area contributed by atoms with Crippen LogP contribution in [-0.4, -0.2) is 23.5 Å². The normalized spacial score (nSPS) is 15.7. The molecule has 1 aliphatic heterocycles. The smallest absolute Gasteiger partial charge is 0.228 e. The highest BCUT2D eigenvalue weighted by Crippen LogP contribution is 2.35. The Kier molecular flexibility index (Phi) is 5.07. The number of thiazole rings is 1. The van der Waals surface area contributed by atoms with Crippen LogP contribution in [0.1, 0.15) is 17.5 Å². The molecule has 1 atom stereocenters. The molecular weight excluding hydrogens is 358 g/mol. The second kappa shape index (κ2) is 7.80. The fourth-order valence-electron chi connectivity index (χ4n) is 3.23. The molecule has 0 aliphatic carbocycles. The molecule has 138 valence electrons. The van der Waals surface area contributed by atoms with Gasteiger partial charge in [-0.15, -0.1) is 11.3 Å². The van der Waals surface area contributed by atoms with E-state index >= 15 is 0 Å². The third-order valence-electron chi connectivity index (χ3n) is 4.62. The number of para-hydroxylation sites is 2. The second-order valence-electron chi connectivity index (χ2n) is 6.64. The number of amides is 1. The van der Waals surface area contributed by atoms with Crippen molar-refractivity contribution >= 4 is 28.1 Å². The number of carbonyl (C=O) groups is 1. The van der Waals surface area contributed by atoms with E-state index in [1.54, 1.807) is 6.20 Å². The van der Waals surface area contributed by atoms with Gasteiger partial charge in [0, 0.05) is 18.1 Å². The molecule has 0 spiro atoms. The maximum atomic E-state index is 12.5. The van der Waals surface area contributed by atoms with Gasteiger partial charge in [-0.2, -0.15) is 0 Å². The van der Waals surface area contributed by atoms with Crippen LogP contribution in [0.25, 0.3) is 0 Å². The molecular formula is C21H21N3O2S. The molecule has 6 heteroatoms. The van der Waals surface area contributed by atoms with Gasteiger partial charge in [-0.3, -0.25) is 4.79 Å². The fourth-order valence-corrected chi connectivity index (χ4v) is 3.78. The highest BCUT2D eigenvalue weighted by molar-refractivity contribution is 7.13. The van der Waals surface area contributed by atoms with Gasteiger partial charge in [0.2, 0.25) is 5.91 Å². The lowest BCUT2D eigenvalue weighted by Crippen LogP contribution is -2.44. The minimum Gasteiger partial charge on any atom is -0.489 e. The van der Waals surface area contributed by atoms with Crippen LogP contribution in [0.15, 0.2) is 60.1 Å². The maximum absolute atomic E-state index is 12.5. The number of carbonyl (C=O) groups excluding carboxylic acids is 1. The quantitative estimate of drug-likeness (QED) is 0.720. The Morgan fingerprint density at radius 2 is 2.07 bits per heavy atom. The molecule has 5 nitrogen and oxygen atoms in total. The summed E-state index contributed by atoms with van der Waals surface area (Å²) in [6.07, 6.45) is 2.03. The molecule has 1 amide bonds. The summed E-state index contributed by atoms with van der Waals surface area (Å²) in [6.45, 7) is 3.30. The predicted molar refractivity (Wildman–Crippen MR) is 108 cm³/mol. The Morgan fingerprint density at radius 3 is 2.85 bits per heavy atom. The first kappa shape index (κ1) is 17.5. The molecule has 0 fully saturated rings. The van der Waals surface area contributed by atoms with Gasteiger partial charge < -0.3 is 15.0 Å². The molecule has 0 saturated carbocycles. The molecule has 2 aromatic carbocycles. The van der Waals surface area contributed by atoms with E-state index in [9.17, 15) is 4.79 Å². The summed E-state index contributed by atoms with van der Waals surface area (Å²) in [5.41, 5.74) is 3.47. The molecule has 1 aliphatic rings. The van der Waals surface area contributed by atoms with E-state index in [0.29, 0.717) is 18.2 Å². The number of nitrogens with zero attached hydrogens (tertiary/aromatic N) is 2. The molecule has 1 N–H and O–H groups in total. The van der Waals surface area contributed by atoms with Crippen LogP contribution in [0.4, 0.5) is 10.8 Å². The number of hydrogen-bond acceptors (Lipinski definition) is 5. The molecule has 0 bridgehead atoms. The summed E-state index contributed by atoms with van der Waals surface area (Å²) >= 11 is 1.42. The summed E-state index contributed by atoms with van der Waals surface area (Å²) in [5.74, 6) is 0.813. The number of ether oxygens (including phenoxy) is 1. The average Bonchev–Trinajstić information content (AvgIpc) is 3.18. The molecule has 0 radical (unpaired) electrons. The Balaban J connectivity index is 1.55. The first-order valence-electron chi connectivity index (χ1n) is 8.92. The van der Waals surface area contributed by atoms with Gasteiger partial charge in [-0.05, 0) is 24.6 Å². The molecule has 2 heterocycles. The number of rotatable bonds is 5. The van der Waals surface area contributed by atoms with Crippen LogP contribution in [0.2, 0.25) is 0 Å². The van der Waals surface area contributed by atoms with E-state index in [1.165, 1.54) is 22.5 Å². The average molecular weight is 379 g/mol. The first-order valence-corrected chi connectivity index (χ1v) is 9.80. The molecule has 1 aromatic heterocycles. The molecule has 3 aromatic rings. The van der Waals surface area contributed by atoms with Crippen molar-refractivity contribution in [3.8, 4) is 5.75 Å². The van der Waals surface area contributed by atoms with Crippen molar-refractivity contribution < 1.29 is 9.53 Å². The van der Waals surface area contributed by atoms with Gasteiger partial charge in [-0.1, -0.05) is 42.0 Å². The topological polar surface area (TPSA) is 54.5 Å². The zero-order chi connectivity index (χ0) is 18.6. The van der Waals surface area contributed by atoms with Gasteiger partial charge in [0.05, 0.1) is 18.2 Å². The Morgan fingerprint density at radius 1 is 1.26 bits per heavy atom. The van der Waals surface area contributed by atoms with Crippen LogP contribution < -0.4 is 15.0 Å². The summed E-state index contributed by atoms with van der Waals surface area (Å²) in [6, 6.07) is 16.5. The Labute approximate surface area is 162 Å². The summed E-state index contributed by atoms with van der Waals surface area (Å²) in [4.78, 5) is 18.9. The summed E-state index contributed by atoms with van der Waals surface area (Å²) < 4.78 is 5.92. The number of aryl methyl sites for hydroxylation is 1. The SMILES string of the molecule is Cc1ccc(CN2c3ccccc3OC[C@@H]2CC(=O)Nc2nccs2)cc1. The molecule has 0 saturated heterocycles. The van der Waals surface area contributed by atoms with Crippen molar-refractivity contribution in [1.29, 1.82) is 0 Å². The van der Waals surface area contributed by atoms with Gasteiger partial charge in [0.25, 0.3) is 0 Å². The zero-order valence-corrected chi connectivity index (χ0v) is 15.9. The molecule has 0 unspecified atom stereocenters. The van der Waals surface area contributed by atoms with E-state index in [2.05, 4.69) is 52.5 Å². The summed E-state index contributed by atoms with van der Waals surface area (Å²) in [5, 5.41) is 5.34. The van der Waals surface area contributed by atoms with Crippen LogP contribution in [0, 0.1) is 6.92 Å². The van der Waals surface area contributed by atoms with Crippen molar-refractivity contribution in [3.63, 3.8) is 0 Å². The highest BCUT2D eigenvalue weighted by Gasteiger charge is 2.29. The lowest BCUT2D eigenvalue weighted by molar-refractivity contribution is -0.116. The summed E-state index contributed by atoms with van der Waals surface area (Å²) in [7, 11) is 0. The minimum atomic E-state index is -0.0492. The van der Waals surface area contributed by atoms with Crippen molar-refractivity contribution in [3.05, 3.63) is 71.2 Å². The lowest BCUT2D eigenvalue weighted by atomic mass is 10.1. The van der Waals surface area contributed by atoms with Gasteiger partial charge in [0.15, 0.2) is 5.13 Å². The van der Waals surface area contributed by atoms with E-state index in [-0.39, 0.29) is 11.9 Å². The highest BCUT2D eigenvalue weighted by atomic mass is 32.1. The largest absolute Gasteiger partial charge is 0.489 e. The van der Waals surface area contributed by atoms with E-state index in [1.807, 2.05) is 23.6 Å². The predicted octanol–water partition coefficient (Wildman–Crippen LogP) is 4.25. The van der Waals surface area contributed by atoms with Crippen LogP contribution in [0.3, 0.4) is 0 Å². The van der Waals surface area contributed by atoms with Crippen molar-refractivity contribution in [2.24, 2.45) is 0 Å². The van der Waals surface area contributed by atoms with Crippen LogP contribution >= 0.6 is 11.3 Å². The number of benzene rings is 2. The van der Waals surface area contributed by atoms with Crippen molar-refractivity contribution in [1.82, 2.24) is 4.98 Å². The van der Waals surface area contributed by atoms with Gasteiger partial charge >= 0.3 is 0 Å². The van der Waals surface area contributed by atoms with Crippen LogP contribution in [0.5, 0.6) is 5.75 Å².